The van der Waals surface area contributed by atoms with Gasteiger partial charge in [0.2, 0.25) is 0 Å². The number of benzene rings is 2. The molecular formula is C19H20ClN3O. The minimum absolute atomic E-state index is 0.572. The van der Waals surface area contributed by atoms with Crippen LogP contribution >= 0.6 is 11.6 Å². The van der Waals surface area contributed by atoms with Crippen molar-refractivity contribution in [2.24, 2.45) is 4.99 Å². The lowest BCUT2D eigenvalue weighted by Gasteiger charge is -2.12. The van der Waals surface area contributed by atoms with Crippen LogP contribution in [0.15, 0.2) is 41.4 Å². The van der Waals surface area contributed by atoms with Crippen LogP contribution in [0.25, 0.3) is 0 Å². The van der Waals surface area contributed by atoms with Crippen molar-refractivity contribution >= 4 is 23.6 Å². The van der Waals surface area contributed by atoms with Gasteiger partial charge < -0.3 is 9.64 Å². The van der Waals surface area contributed by atoms with Crippen LogP contribution in [0.5, 0.6) is 5.75 Å². The molecule has 0 saturated heterocycles. The second kappa shape index (κ2) is 8.37. The maximum absolute atomic E-state index is 9.02. The van der Waals surface area contributed by atoms with E-state index in [9.17, 15) is 0 Å². The number of ether oxygens (including phenoxy) is 1. The first-order valence-corrected chi connectivity index (χ1v) is 8.05. The molecule has 0 amide bonds. The van der Waals surface area contributed by atoms with E-state index in [0.717, 1.165) is 23.4 Å². The molecule has 0 heterocycles. The maximum atomic E-state index is 9.02. The van der Waals surface area contributed by atoms with Gasteiger partial charge >= 0.3 is 0 Å². The minimum atomic E-state index is 0.572. The van der Waals surface area contributed by atoms with E-state index in [-0.39, 0.29) is 0 Å². The highest BCUT2D eigenvalue weighted by atomic mass is 35.5. The van der Waals surface area contributed by atoms with Gasteiger partial charge in [-0.15, -0.1) is 0 Å². The molecule has 4 nitrogen and oxygen atoms in total. The highest BCUT2D eigenvalue weighted by Gasteiger charge is 2.10. The Balaban J connectivity index is 2.32. The normalized spacial score (nSPS) is 10.6. The van der Waals surface area contributed by atoms with E-state index in [4.69, 9.17) is 21.6 Å². The Bertz CT molecular complexity index is 781. The largest absolute Gasteiger partial charge is 0.496 e. The number of rotatable bonds is 6. The number of nitrogens with zero attached hydrogens (tertiary/aromatic N) is 3. The zero-order valence-electron chi connectivity index (χ0n) is 14.1. The fraction of sp³-hybridized carbons (Fsp3) is 0.263. The van der Waals surface area contributed by atoms with Crippen LogP contribution in [-0.2, 0) is 6.42 Å². The van der Waals surface area contributed by atoms with Gasteiger partial charge in [0.05, 0.1) is 35.8 Å². The maximum Gasteiger partial charge on any atom is 0.124 e. The third-order valence-corrected chi connectivity index (χ3v) is 4.00. The van der Waals surface area contributed by atoms with E-state index in [1.54, 1.807) is 19.5 Å². The predicted molar refractivity (Wildman–Crippen MR) is 98.4 cm³/mol. The van der Waals surface area contributed by atoms with Crippen molar-refractivity contribution in [3.63, 3.8) is 0 Å². The molecule has 0 fully saturated rings. The van der Waals surface area contributed by atoms with Crippen molar-refractivity contribution in [3.8, 4) is 11.8 Å². The molecule has 0 bridgehead atoms. The predicted octanol–water partition coefficient (Wildman–Crippen LogP) is 4.42. The summed E-state index contributed by atoms with van der Waals surface area (Å²) >= 11 is 6.37. The molecule has 0 atom stereocenters. The highest BCUT2D eigenvalue weighted by Crippen LogP contribution is 2.34. The van der Waals surface area contributed by atoms with Gasteiger partial charge in [0.15, 0.2) is 0 Å². The van der Waals surface area contributed by atoms with Gasteiger partial charge in [-0.3, -0.25) is 0 Å². The van der Waals surface area contributed by atoms with Crippen LogP contribution in [0, 0.1) is 11.3 Å². The Morgan fingerprint density at radius 3 is 2.79 bits per heavy atom. The summed E-state index contributed by atoms with van der Waals surface area (Å²) in [5, 5.41) is 9.59. The number of halogens is 1. The van der Waals surface area contributed by atoms with Crippen molar-refractivity contribution in [3.05, 3.63) is 58.1 Å². The summed E-state index contributed by atoms with van der Waals surface area (Å²) in [6.45, 7) is 2.91. The number of hydrogen-bond acceptors (Lipinski definition) is 3. The average molecular weight is 342 g/mol. The van der Waals surface area contributed by atoms with Crippen molar-refractivity contribution < 1.29 is 4.74 Å². The van der Waals surface area contributed by atoms with Crippen LogP contribution in [0.3, 0.4) is 0 Å². The third kappa shape index (κ3) is 4.50. The number of hydrogen-bond donors (Lipinski definition) is 0. The highest BCUT2D eigenvalue weighted by molar-refractivity contribution is 6.33. The van der Waals surface area contributed by atoms with E-state index in [1.807, 2.05) is 49.2 Å². The lowest BCUT2D eigenvalue weighted by Crippen LogP contribution is -2.14. The monoisotopic (exact) mass is 341 g/mol. The SMILES string of the molecule is CCN(C)/C=N\c1cc(OC)c(Cc2cccc(C#N)c2)cc1Cl. The molecule has 0 aliphatic rings. The minimum Gasteiger partial charge on any atom is -0.496 e. The molecule has 0 radical (unpaired) electrons. The summed E-state index contributed by atoms with van der Waals surface area (Å²) in [6, 6.07) is 13.4. The fourth-order valence-corrected chi connectivity index (χ4v) is 2.46. The van der Waals surface area contributed by atoms with E-state index in [1.165, 1.54) is 0 Å². The first kappa shape index (κ1) is 17.8. The van der Waals surface area contributed by atoms with Gasteiger partial charge in [0.25, 0.3) is 0 Å². The molecule has 0 saturated carbocycles. The molecule has 0 aliphatic heterocycles. The van der Waals surface area contributed by atoms with Gasteiger partial charge in [-0.05, 0) is 30.7 Å². The summed E-state index contributed by atoms with van der Waals surface area (Å²) < 4.78 is 5.49. The van der Waals surface area contributed by atoms with E-state index in [0.29, 0.717) is 22.7 Å². The van der Waals surface area contributed by atoms with Crippen molar-refractivity contribution in [1.82, 2.24) is 4.90 Å². The Morgan fingerprint density at radius 1 is 1.33 bits per heavy atom. The zero-order valence-corrected chi connectivity index (χ0v) is 14.8. The zero-order chi connectivity index (χ0) is 17.5. The first-order chi connectivity index (χ1) is 11.6. The van der Waals surface area contributed by atoms with E-state index >= 15 is 0 Å². The van der Waals surface area contributed by atoms with E-state index < -0.39 is 0 Å². The molecule has 0 aromatic heterocycles. The van der Waals surface area contributed by atoms with Gasteiger partial charge in [-0.1, -0.05) is 23.7 Å². The number of aliphatic imine (C=N–C) groups is 1. The Hall–Kier alpha value is -2.51. The summed E-state index contributed by atoms with van der Waals surface area (Å²) in [6.07, 6.45) is 2.38. The van der Waals surface area contributed by atoms with Crippen LogP contribution < -0.4 is 4.74 Å². The molecule has 0 aliphatic carbocycles. The van der Waals surface area contributed by atoms with E-state index in [2.05, 4.69) is 11.1 Å². The van der Waals surface area contributed by atoms with Gasteiger partial charge in [0.1, 0.15) is 5.75 Å². The Morgan fingerprint density at radius 2 is 2.12 bits per heavy atom. The molecule has 2 aromatic rings. The van der Waals surface area contributed by atoms with Gasteiger partial charge in [-0.2, -0.15) is 5.26 Å². The van der Waals surface area contributed by atoms with Crippen molar-refractivity contribution in [2.45, 2.75) is 13.3 Å². The Labute approximate surface area is 148 Å². The van der Waals surface area contributed by atoms with Crippen LogP contribution in [0.2, 0.25) is 5.02 Å². The molecule has 0 unspecified atom stereocenters. The summed E-state index contributed by atoms with van der Waals surface area (Å²) in [5.74, 6) is 0.730. The quantitative estimate of drug-likeness (QED) is 0.577. The van der Waals surface area contributed by atoms with Crippen LogP contribution in [-0.4, -0.2) is 31.9 Å². The molecule has 0 spiro atoms. The van der Waals surface area contributed by atoms with Crippen LogP contribution in [0.4, 0.5) is 5.69 Å². The molecule has 2 rings (SSSR count). The molecule has 24 heavy (non-hydrogen) atoms. The van der Waals surface area contributed by atoms with Crippen LogP contribution in [0.1, 0.15) is 23.6 Å². The van der Waals surface area contributed by atoms with Crippen molar-refractivity contribution in [1.29, 1.82) is 5.26 Å². The first-order valence-electron chi connectivity index (χ1n) is 7.67. The molecule has 124 valence electrons. The lowest BCUT2D eigenvalue weighted by molar-refractivity contribution is 0.410. The fourth-order valence-electron chi connectivity index (χ4n) is 2.22. The third-order valence-electron chi connectivity index (χ3n) is 3.69. The summed E-state index contributed by atoms with van der Waals surface area (Å²) in [5.41, 5.74) is 3.30. The van der Waals surface area contributed by atoms with Gasteiger partial charge in [0, 0.05) is 31.6 Å². The average Bonchev–Trinajstić information content (AvgIpc) is 2.60. The Kier molecular flexibility index (Phi) is 6.22. The lowest BCUT2D eigenvalue weighted by atomic mass is 10.0. The second-order valence-corrected chi connectivity index (χ2v) is 5.83. The number of nitriles is 1. The summed E-state index contributed by atoms with van der Waals surface area (Å²) in [7, 11) is 3.58. The van der Waals surface area contributed by atoms with Crippen molar-refractivity contribution in [2.75, 3.05) is 20.7 Å². The second-order valence-electron chi connectivity index (χ2n) is 5.42. The summed E-state index contributed by atoms with van der Waals surface area (Å²) in [4.78, 5) is 6.37. The molecule has 2 aromatic carbocycles. The standard InChI is InChI=1S/C19H20ClN3O/c1-4-23(2)13-22-18-11-19(24-3)16(10-17(18)20)9-14-6-5-7-15(8-14)12-21/h5-8,10-11,13H,4,9H2,1-3H3/b22-13-. The molecule has 5 heteroatoms. The molecule has 0 N–H and O–H groups in total. The topological polar surface area (TPSA) is 48.6 Å². The number of methoxy groups -OCH3 is 1. The van der Waals surface area contributed by atoms with Gasteiger partial charge in [-0.25, -0.2) is 4.99 Å². The smallest absolute Gasteiger partial charge is 0.124 e. The molecular weight excluding hydrogens is 322 g/mol.